The van der Waals surface area contributed by atoms with Crippen LogP contribution in [0.15, 0.2) is 59.2 Å². The molecule has 0 atom stereocenters. The average molecular weight is 467 g/mol. The van der Waals surface area contributed by atoms with Crippen molar-refractivity contribution in [2.75, 3.05) is 11.1 Å². The first-order valence-corrected chi connectivity index (χ1v) is 12.5. The molecule has 8 heteroatoms. The summed E-state index contributed by atoms with van der Waals surface area (Å²) in [6.07, 6.45) is 1.73. The van der Waals surface area contributed by atoms with Crippen molar-refractivity contribution in [3.8, 4) is 20.5 Å². The van der Waals surface area contributed by atoms with Crippen LogP contribution in [-0.2, 0) is 4.79 Å². The van der Waals surface area contributed by atoms with E-state index in [1.54, 1.807) is 28.9 Å². The monoisotopic (exact) mass is 466 g/mol. The van der Waals surface area contributed by atoms with Gasteiger partial charge in [-0.15, -0.1) is 22.7 Å². The Morgan fingerprint density at radius 2 is 1.94 bits per heavy atom. The number of benzene rings is 1. The lowest BCUT2D eigenvalue weighted by Crippen LogP contribution is -2.14. The second-order valence-electron chi connectivity index (χ2n) is 7.25. The minimum Gasteiger partial charge on any atom is -0.325 e. The van der Waals surface area contributed by atoms with Gasteiger partial charge < -0.3 is 5.32 Å². The number of carbonyl (C=O) groups excluding carboxylic acids is 1. The number of hydrogen-bond donors (Lipinski definition) is 1. The van der Waals surface area contributed by atoms with E-state index in [1.165, 1.54) is 17.3 Å². The van der Waals surface area contributed by atoms with Crippen molar-refractivity contribution in [1.29, 1.82) is 0 Å². The van der Waals surface area contributed by atoms with E-state index in [0.29, 0.717) is 11.1 Å². The summed E-state index contributed by atoms with van der Waals surface area (Å²) in [5.74, 6) is 0.635. The van der Waals surface area contributed by atoms with Crippen LogP contribution in [0.5, 0.6) is 0 Å². The molecule has 1 N–H and O–H groups in total. The summed E-state index contributed by atoms with van der Waals surface area (Å²) in [6, 6.07) is 13.9. The standard InChI is InChI=1S/C23H22N4OS3/c1-14(2)16-6-8-17(9-7-16)26-20(28)13-30-23-24-11-10-18(27-23)21-15(3)25-22(31-21)19-5-4-12-29-19/h4-12,14H,13H2,1-3H3,(H,26,28). The van der Waals surface area contributed by atoms with Gasteiger partial charge in [-0.05, 0) is 48.1 Å². The van der Waals surface area contributed by atoms with Gasteiger partial charge >= 0.3 is 0 Å². The van der Waals surface area contributed by atoms with Crippen LogP contribution in [-0.4, -0.2) is 26.6 Å². The average Bonchev–Trinajstić information content (AvgIpc) is 3.43. The molecule has 0 aliphatic carbocycles. The molecule has 0 saturated heterocycles. The van der Waals surface area contributed by atoms with Gasteiger partial charge in [0.15, 0.2) is 5.16 Å². The third kappa shape index (κ3) is 5.39. The summed E-state index contributed by atoms with van der Waals surface area (Å²) in [7, 11) is 0. The van der Waals surface area contributed by atoms with Crippen LogP contribution >= 0.6 is 34.4 Å². The largest absolute Gasteiger partial charge is 0.325 e. The number of nitrogens with zero attached hydrogens (tertiary/aromatic N) is 3. The maximum atomic E-state index is 12.4. The van der Waals surface area contributed by atoms with Gasteiger partial charge in [0.2, 0.25) is 5.91 Å². The van der Waals surface area contributed by atoms with E-state index in [2.05, 4.69) is 40.6 Å². The number of thiophene rings is 1. The highest BCUT2D eigenvalue weighted by Gasteiger charge is 2.14. The number of thiazole rings is 1. The molecule has 0 unspecified atom stereocenters. The van der Waals surface area contributed by atoms with Gasteiger partial charge in [0.25, 0.3) is 0 Å². The van der Waals surface area contributed by atoms with Crippen LogP contribution in [0, 0.1) is 6.92 Å². The highest BCUT2D eigenvalue weighted by Crippen LogP contribution is 2.36. The Morgan fingerprint density at radius 3 is 2.65 bits per heavy atom. The molecule has 3 aromatic heterocycles. The fourth-order valence-corrected chi connectivity index (χ4v) is 5.42. The first kappa shape index (κ1) is 21.7. The van der Waals surface area contributed by atoms with Crippen LogP contribution in [0.1, 0.15) is 31.0 Å². The normalized spacial score (nSPS) is 11.1. The van der Waals surface area contributed by atoms with Gasteiger partial charge in [-0.2, -0.15) is 0 Å². The highest BCUT2D eigenvalue weighted by molar-refractivity contribution is 7.99. The molecule has 31 heavy (non-hydrogen) atoms. The number of thioether (sulfide) groups is 1. The van der Waals surface area contributed by atoms with Crippen molar-refractivity contribution in [3.05, 3.63) is 65.3 Å². The number of nitrogens with one attached hydrogen (secondary N) is 1. The Morgan fingerprint density at radius 1 is 1.13 bits per heavy atom. The molecule has 158 valence electrons. The van der Waals surface area contributed by atoms with Crippen LogP contribution in [0.3, 0.4) is 0 Å². The molecular weight excluding hydrogens is 444 g/mol. The van der Waals surface area contributed by atoms with Gasteiger partial charge in [0, 0.05) is 11.9 Å². The number of aryl methyl sites for hydroxylation is 1. The minimum absolute atomic E-state index is 0.0785. The molecule has 3 heterocycles. The molecular formula is C23H22N4OS3. The third-order valence-corrected chi connectivity index (χ3v) is 7.67. The smallest absolute Gasteiger partial charge is 0.234 e. The molecule has 5 nitrogen and oxygen atoms in total. The maximum absolute atomic E-state index is 12.4. The van der Waals surface area contributed by atoms with Gasteiger partial charge in [-0.1, -0.05) is 43.8 Å². The second-order valence-corrected chi connectivity index (χ2v) is 10.1. The number of rotatable bonds is 7. The zero-order chi connectivity index (χ0) is 21.8. The first-order valence-electron chi connectivity index (χ1n) is 9.87. The summed E-state index contributed by atoms with van der Waals surface area (Å²) in [6.45, 7) is 6.29. The summed E-state index contributed by atoms with van der Waals surface area (Å²) in [4.78, 5) is 28.2. The van der Waals surface area contributed by atoms with Crippen molar-refractivity contribution in [2.45, 2.75) is 31.8 Å². The van der Waals surface area contributed by atoms with Crippen molar-refractivity contribution in [3.63, 3.8) is 0 Å². The Kier molecular flexibility index (Phi) is 6.80. The fourth-order valence-electron chi connectivity index (χ4n) is 2.96. The van der Waals surface area contributed by atoms with Gasteiger partial charge in [0.1, 0.15) is 5.01 Å². The Hall–Kier alpha value is -2.55. The summed E-state index contributed by atoms with van der Waals surface area (Å²) >= 11 is 4.63. The predicted octanol–water partition coefficient (Wildman–Crippen LogP) is 6.49. The van der Waals surface area contributed by atoms with Gasteiger partial charge in [-0.25, -0.2) is 15.0 Å². The molecule has 0 aliphatic rings. The lowest BCUT2D eigenvalue weighted by Gasteiger charge is -2.08. The highest BCUT2D eigenvalue weighted by atomic mass is 32.2. The van der Waals surface area contributed by atoms with Crippen molar-refractivity contribution < 1.29 is 4.79 Å². The van der Waals surface area contributed by atoms with E-state index in [-0.39, 0.29) is 11.7 Å². The number of aromatic nitrogens is 3. The Labute approximate surface area is 194 Å². The van der Waals surface area contributed by atoms with Crippen LogP contribution in [0.25, 0.3) is 20.5 Å². The fraction of sp³-hybridized carbons (Fsp3) is 0.217. The zero-order valence-corrected chi connectivity index (χ0v) is 19.9. The summed E-state index contributed by atoms with van der Waals surface area (Å²) < 4.78 is 0. The topological polar surface area (TPSA) is 67.8 Å². The Bertz CT molecular complexity index is 1170. The lowest BCUT2D eigenvalue weighted by molar-refractivity contribution is -0.113. The molecule has 0 radical (unpaired) electrons. The maximum Gasteiger partial charge on any atom is 0.234 e. The summed E-state index contributed by atoms with van der Waals surface area (Å²) in [5.41, 5.74) is 3.83. The van der Waals surface area contributed by atoms with E-state index in [0.717, 1.165) is 31.8 Å². The minimum atomic E-state index is -0.0785. The molecule has 0 bridgehead atoms. The number of carbonyl (C=O) groups is 1. The van der Waals surface area contributed by atoms with Crippen LogP contribution in [0.2, 0.25) is 0 Å². The lowest BCUT2D eigenvalue weighted by atomic mass is 10.0. The van der Waals surface area contributed by atoms with E-state index >= 15 is 0 Å². The van der Waals surface area contributed by atoms with E-state index < -0.39 is 0 Å². The predicted molar refractivity (Wildman–Crippen MR) is 131 cm³/mol. The molecule has 4 aromatic rings. The van der Waals surface area contributed by atoms with E-state index in [9.17, 15) is 4.79 Å². The molecule has 0 spiro atoms. The van der Waals surface area contributed by atoms with Crippen molar-refractivity contribution in [2.24, 2.45) is 0 Å². The molecule has 0 aliphatic heterocycles. The second kappa shape index (κ2) is 9.72. The quantitative estimate of drug-likeness (QED) is 0.249. The molecule has 4 rings (SSSR count). The molecule has 0 saturated carbocycles. The number of amides is 1. The van der Waals surface area contributed by atoms with Crippen molar-refractivity contribution >= 4 is 46.0 Å². The number of hydrogen-bond acceptors (Lipinski definition) is 7. The molecule has 1 amide bonds. The first-order chi connectivity index (χ1) is 15.0. The van der Waals surface area contributed by atoms with Gasteiger partial charge in [0.05, 0.1) is 26.9 Å². The van der Waals surface area contributed by atoms with Crippen LogP contribution < -0.4 is 5.32 Å². The Balaban J connectivity index is 1.40. The summed E-state index contributed by atoms with van der Waals surface area (Å²) in [5, 5.41) is 6.56. The zero-order valence-electron chi connectivity index (χ0n) is 17.5. The van der Waals surface area contributed by atoms with Crippen LogP contribution in [0.4, 0.5) is 5.69 Å². The van der Waals surface area contributed by atoms with Crippen molar-refractivity contribution in [1.82, 2.24) is 15.0 Å². The van der Waals surface area contributed by atoms with E-state index in [4.69, 9.17) is 4.98 Å². The molecule has 0 fully saturated rings. The third-order valence-electron chi connectivity index (χ3n) is 4.59. The van der Waals surface area contributed by atoms with E-state index in [1.807, 2.05) is 43.3 Å². The SMILES string of the molecule is Cc1nc(-c2cccs2)sc1-c1ccnc(SCC(=O)Nc2ccc(C(C)C)cc2)n1. The number of anilines is 1. The molecule has 1 aromatic carbocycles. The van der Waals surface area contributed by atoms with Gasteiger partial charge in [-0.3, -0.25) is 4.79 Å².